The number of rotatable bonds is 2. The predicted molar refractivity (Wildman–Crippen MR) is 72.1 cm³/mol. The van der Waals surface area contributed by atoms with Crippen molar-refractivity contribution in [2.75, 3.05) is 6.54 Å². The molecular formula is C15H13N2S. The van der Waals surface area contributed by atoms with Crippen molar-refractivity contribution in [2.24, 2.45) is 0 Å². The summed E-state index contributed by atoms with van der Waals surface area (Å²) in [6.07, 6.45) is 1.11. The smallest absolute Gasteiger partial charge is 0.0995 e. The number of nitrogens with zero attached hydrogens (tertiary/aromatic N) is 2. The van der Waals surface area contributed by atoms with Gasteiger partial charge in [0.05, 0.1) is 11.6 Å². The summed E-state index contributed by atoms with van der Waals surface area (Å²) < 4.78 is 0. The van der Waals surface area contributed by atoms with Crippen LogP contribution in [0.5, 0.6) is 0 Å². The minimum Gasteiger partial charge on any atom is -0.294 e. The Bertz CT molecular complexity index is 595. The van der Waals surface area contributed by atoms with Crippen molar-refractivity contribution in [2.45, 2.75) is 19.5 Å². The predicted octanol–water partition coefficient (Wildman–Crippen LogP) is 2.98. The first-order chi connectivity index (χ1) is 8.86. The number of thiophene rings is 1. The average molecular weight is 253 g/mol. The summed E-state index contributed by atoms with van der Waals surface area (Å²) in [5.74, 6) is 0. The summed E-state index contributed by atoms with van der Waals surface area (Å²) >= 11 is 1.74. The molecule has 0 unspecified atom stereocenters. The molecule has 0 N–H and O–H groups in total. The van der Waals surface area contributed by atoms with Gasteiger partial charge < -0.3 is 0 Å². The number of nitriles is 1. The highest BCUT2D eigenvalue weighted by atomic mass is 32.1. The van der Waals surface area contributed by atoms with Crippen molar-refractivity contribution < 1.29 is 0 Å². The number of benzene rings is 1. The zero-order chi connectivity index (χ0) is 12.4. The highest BCUT2D eigenvalue weighted by molar-refractivity contribution is 7.09. The van der Waals surface area contributed by atoms with Crippen LogP contribution in [0.3, 0.4) is 0 Å². The molecule has 0 atom stereocenters. The minimum absolute atomic E-state index is 0.792. The van der Waals surface area contributed by atoms with Crippen molar-refractivity contribution in [3.8, 4) is 6.07 Å². The van der Waals surface area contributed by atoms with Crippen molar-refractivity contribution in [1.82, 2.24) is 4.90 Å². The molecule has 0 fully saturated rings. The molecule has 1 aromatic heterocycles. The van der Waals surface area contributed by atoms with Gasteiger partial charge in [-0.1, -0.05) is 18.2 Å². The Balaban J connectivity index is 1.77. The third kappa shape index (κ3) is 2.17. The van der Waals surface area contributed by atoms with E-state index in [1.165, 1.54) is 10.4 Å². The van der Waals surface area contributed by atoms with Gasteiger partial charge in [-0.25, -0.2) is 0 Å². The van der Waals surface area contributed by atoms with Crippen LogP contribution in [0.25, 0.3) is 0 Å². The summed E-state index contributed by atoms with van der Waals surface area (Å²) in [5, 5.41) is 12.3. The molecule has 1 aliphatic rings. The lowest BCUT2D eigenvalue weighted by atomic mass is 10.1. The molecule has 2 aromatic rings. The average Bonchev–Trinajstić information content (AvgIpc) is 2.87. The summed E-state index contributed by atoms with van der Waals surface area (Å²) in [7, 11) is 0. The first-order valence-corrected chi connectivity index (χ1v) is 6.86. The molecule has 2 nitrogen and oxygen atoms in total. The van der Waals surface area contributed by atoms with Crippen LogP contribution in [0.2, 0.25) is 0 Å². The molecule has 0 bridgehead atoms. The molecular weight excluding hydrogens is 240 g/mol. The maximum Gasteiger partial charge on any atom is 0.0995 e. The Morgan fingerprint density at radius 3 is 3.17 bits per heavy atom. The van der Waals surface area contributed by atoms with Gasteiger partial charge in [-0.05, 0) is 29.7 Å². The summed E-state index contributed by atoms with van der Waals surface area (Å²) in [4.78, 5) is 3.87. The maximum atomic E-state index is 9.10. The first-order valence-electron chi connectivity index (χ1n) is 6.05. The van der Waals surface area contributed by atoms with E-state index >= 15 is 0 Å². The molecule has 1 aromatic carbocycles. The van der Waals surface area contributed by atoms with E-state index < -0.39 is 0 Å². The quantitative estimate of drug-likeness (QED) is 0.822. The van der Waals surface area contributed by atoms with Crippen LogP contribution >= 0.6 is 11.3 Å². The Morgan fingerprint density at radius 2 is 2.28 bits per heavy atom. The van der Waals surface area contributed by atoms with E-state index in [0.29, 0.717) is 0 Å². The largest absolute Gasteiger partial charge is 0.294 e. The normalized spacial score (nSPS) is 15.1. The van der Waals surface area contributed by atoms with E-state index in [1.807, 2.05) is 24.3 Å². The number of fused-ring (bicyclic) bond motifs is 1. The van der Waals surface area contributed by atoms with E-state index in [9.17, 15) is 0 Å². The van der Waals surface area contributed by atoms with Gasteiger partial charge in [0.25, 0.3) is 0 Å². The summed E-state index contributed by atoms with van der Waals surface area (Å²) in [6.45, 7) is 2.91. The standard InChI is InChI=1S/C15H13N2S/c16-9-12-3-1-2-4-13(12)10-17-7-5-15-14(11-17)6-8-18-15/h1-4,6H,5,7,10-11H2. The third-order valence-electron chi connectivity index (χ3n) is 3.35. The molecule has 1 aliphatic heterocycles. The van der Waals surface area contributed by atoms with Crippen molar-refractivity contribution >= 4 is 11.3 Å². The van der Waals surface area contributed by atoms with Gasteiger partial charge in [0.2, 0.25) is 0 Å². The molecule has 1 radical (unpaired) electrons. The zero-order valence-corrected chi connectivity index (χ0v) is 10.8. The van der Waals surface area contributed by atoms with E-state index in [4.69, 9.17) is 5.26 Å². The fraction of sp³-hybridized carbons (Fsp3) is 0.267. The second-order valence-electron chi connectivity index (χ2n) is 4.54. The van der Waals surface area contributed by atoms with Gasteiger partial charge in [-0.2, -0.15) is 5.26 Å². The molecule has 2 heterocycles. The monoisotopic (exact) mass is 253 g/mol. The van der Waals surface area contributed by atoms with Gasteiger partial charge in [0.15, 0.2) is 0 Å². The van der Waals surface area contributed by atoms with Gasteiger partial charge in [-0.3, -0.25) is 4.90 Å². The molecule has 0 saturated heterocycles. The lowest BCUT2D eigenvalue weighted by Crippen LogP contribution is -2.29. The number of hydrogen-bond acceptors (Lipinski definition) is 3. The Hall–Kier alpha value is -1.63. The second-order valence-corrected chi connectivity index (χ2v) is 5.47. The molecule has 0 aliphatic carbocycles. The molecule has 3 heteroatoms. The van der Waals surface area contributed by atoms with Crippen LogP contribution in [0.15, 0.2) is 30.3 Å². The lowest BCUT2D eigenvalue weighted by Gasteiger charge is -2.27. The minimum atomic E-state index is 0.792. The Kier molecular flexibility index (Phi) is 3.14. The van der Waals surface area contributed by atoms with E-state index in [2.05, 4.69) is 22.4 Å². The molecule has 0 saturated carbocycles. The van der Waals surface area contributed by atoms with E-state index in [1.54, 1.807) is 11.3 Å². The lowest BCUT2D eigenvalue weighted by molar-refractivity contribution is 0.247. The Morgan fingerprint density at radius 1 is 1.39 bits per heavy atom. The van der Waals surface area contributed by atoms with Crippen LogP contribution in [0.4, 0.5) is 0 Å². The molecule has 18 heavy (non-hydrogen) atoms. The zero-order valence-electron chi connectivity index (χ0n) is 10.0. The van der Waals surface area contributed by atoms with E-state index in [-0.39, 0.29) is 0 Å². The van der Waals surface area contributed by atoms with Crippen LogP contribution in [-0.2, 0) is 19.5 Å². The maximum absolute atomic E-state index is 9.10. The second kappa shape index (κ2) is 4.93. The van der Waals surface area contributed by atoms with Crippen molar-refractivity contribution in [3.05, 3.63) is 57.3 Å². The highest BCUT2D eigenvalue weighted by Crippen LogP contribution is 2.25. The fourth-order valence-corrected chi connectivity index (χ4v) is 3.18. The van der Waals surface area contributed by atoms with Gasteiger partial charge in [-0.15, -0.1) is 11.3 Å². The van der Waals surface area contributed by atoms with Gasteiger partial charge in [0.1, 0.15) is 0 Å². The van der Waals surface area contributed by atoms with Crippen LogP contribution in [0, 0.1) is 16.7 Å². The van der Waals surface area contributed by atoms with E-state index in [0.717, 1.165) is 37.2 Å². The molecule has 3 rings (SSSR count). The Labute approximate surface area is 111 Å². The van der Waals surface area contributed by atoms with Gasteiger partial charge >= 0.3 is 0 Å². The molecule has 0 spiro atoms. The summed E-state index contributed by atoms with van der Waals surface area (Å²) in [6, 6.07) is 12.2. The first kappa shape index (κ1) is 11.5. The topological polar surface area (TPSA) is 27.0 Å². The fourth-order valence-electron chi connectivity index (χ4n) is 2.39. The van der Waals surface area contributed by atoms with Gasteiger partial charge in [0, 0.05) is 29.9 Å². The number of hydrogen-bond donors (Lipinski definition) is 0. The van der Waals surface area contributed by atoms with Crippen LogP contribution < -0.4 is 0 Å². The van der Waals surface area contributed by atoms with Crippen LogP contribution in [0.1, 0.15) is 21.6 Å². The highest BCUT2D eigenvalue weighted by Gasteiger charge is 2.18. The van der Waals surface area contributed by atoms with Crippen molar-refractivity contribution in [1.29, 1.82) is 5.26 Å². The SMILES string of the molecule is N#Cc1ccccc1CN1CCc2s[c]cc2C1. The molecule has 0 amide bonds. The van der Waals surface area contributed by atoms with Crippen molar-refractivity contribution in [3.63, 3.8) is 0 Å². The summed E-state index contributed by atoms with van der Waals surface area (Å²) in [5.41, 5.74) is 3.32. The molecule has 89 valence electrons. The third-order valence-corrected chi connectivity index (χ3v) is 4.30. The van der Waals surface area contributed by atoms with Crippen LogP contribution in [-0.4, -0.2) is 11.4 Å².